The number of carbonyl (C=O) groups excluding carboxylic acids is 5. The molecule has 1 aliphatic carbocycles. The number of rotatable bonds is 11. The number of methoxy groups -OCH3 is 2. The second kappa shape index (κ2) is 24.0. The average molecular weight is 853 g/mol. The van der Waals surface area contributed by atoms with Crippen LogP contribution in [0.1, 0.15) is 102 Å². The smallest absolute Gasteiger partial charge is 0.350 e. The molecule has 1 saturated carbocycles. The summed E-state index contributed by atoms with van der Waals surface area (Å²) in [6, 6.07) is 3.57. The van der Waals surface area contributed by atoms with E-state index >= 15 is 0 Å². The van der Waals surface area contributed by atoms with Gasteiger partial charge in [0, 0.05) is 44.9 Å². The number of carbonyl (C=O) groups is 5. The van der Waals surface area contributed by atoms with Crippen LogP contribution in [0, 0.1) is 47.4 Å². The van der Waals surface area contributed by atoms with E-state index in [0.717, 1.165) is 43.4 Å². The maximum atomic E-state index is 13.7. The number of amides is 3. The Morgan fingerprint density at radius 1 is 0.763 bits per heavy atom. The molecule has 3 fully saturated rings. The van der Waals surface area contributed by atoms with Crippen molar-refractivity contribution in [3.8, 4) is 23.7 Å². The standard InChI is InChI=1S/C26H36N2O5S.C18H24N2O4S/c1-18(2)6-5-7-21-16-22(24(34-21)26(31)32-4)28(17-23(29)27-12-14-33-15-13-27)25(30)20-10-8-19(3)9-11-20;1-13(2)5-4-6-14-11-15(17(25-14)18(22)23-3)19-12-16(21)20-7-9-24-10-8-20/h16,18-20H,6,8-15,17H2,1-4H3;11,13,19H,5,7-10,12H2,1-3H3. The second-order valence-corrected chi connectivity index (χ2v) is 17.8. The third-order valence-electron chi connectivity index (χ3n) is 10.0. The van der Waals surface area contributed by atoms with Gasteiger partial charge in [-0.1, -0.05) is 58.3 Å². The molecule has 2 saturated heterocycles. The Hall–Kier alpha value is -4.41. The van der Waals surface area contributed by atoms with Crippen LogP contribution >= 0.6 is 22.7 Å². The number of anilines is 2. The van der Waals surface area contributed by atoms with Crippen LogP contribution in [0.5, 0.6) is 0 Å². The summed E-state index contributed by atoms with van der Waals surface area (Å²) >= 11 is 2.49. The van der Waals surface area contributed by atoms with Crippen molar-refractivity contribution < 1.29 is 42.9 Å². The molecule has 0 aromatic carbocycles. The van der Waals surface area contributed by atoms with Crippen molar-refractivity contribution in [1.82, 2.24) is 9.80 Å². The number of hydrogen-bond donors (Lipinski definition) is 1. The van der Waals surface area contributed by atoms with Gasteiger partial charge in [-0.05, 0) is 55.6 Å². The number of thiophene rings is 2. The molecule has 0 unspecified atom stereocenters. The summed E-state index contributed by atoms with van der Waals surface area (Å²) < 4.78 is 20.5. The van der Waals surface area contributed by atoms with E-state index in [4.69, 9.17) is 18.9 Å². The molecule has 1 N–H and O–H groups in total. The van der Waals surface area contributed by atoms with Crippen LogP contribution < -0.4 is 10.2 Å². The van der Waals surface area contributed by atoms with Crippen molar-refractivity contribution in [2.75, 3.05) is 90.1 Å². The van der Waals surface area contributed by atoms with Gasteiger partial charge in [0.25, 0.3) is 0 Å². The molecule has 15 heteroatoms. The van der Waals surface area contributed by atoms with Crippen molar-refractivity contribution in [2.24, 2.45) is 23.7 Å². The number of nitrogens with zero attached hydrogens (tertiary/aromatic N) is 3. The lowest BCUT2D eigenvalue weighted by molar-refractivity contribution is -0.135. The van der Waals surface area contributed by atoms with E-state index < -0.39 is 11.9 Å². The number of morpholine rings is 2. The van der Waals surface area contributed by atoms with Gasteiger partial charge in [0.05, 0.1) is 68.3 Å². The van der Waals surface area contributed by atoms with Crippen LogP contribution in [-0.2, 0) is 33.3 Å². The van der Waals surface area contributed by atoms with Crippen LogP contribution in [0.15, 0.2) is 12.1 Å². The lowest BCUT2D eigenvalue weighted by atomic mass is 9.82. The highest BCUT2D eigenvalue weighted by Crippen LogP contribution is 2.35. The van der Waals surface area contributed by atoms with Crippen molar-refractivity contribution in [2.45, 2.75) is 73.1 Å². The molecule has 0 spiro atoms. The Labute approximate surface area is 357 Å². The number of esters is 2. The average Bonchev–Trinajstić information content (AvgIpc) is 3.86. The highest BCUT2D eigenvalue weighted by molar-refractivity contribution is 7.15. The highest BCUT2D eigenvalue weighted by Gasteiger charge is 2.34. The van der Waals surface area contributed by atoms with Gasteiger partial charge in [-0.15, -0.1) is 22.7 Å². The quantitative estimate of drug-likeness (QED) is 0.207. The van der Waals surface area contributed by atoms with Gasteiger partial charge in [-0.2, -0.15) is 0 Å². The summed E-state index contributed by atoms with van der Waals surface area (Å²) in [5, 5.41) is 3.05. The van der Waals surface area contributed by atoms with Gasteiger partial charge in [0.1, 0.15) is 16.3 Å². The lowest BCUT2D eigenvalue weighted by Gasteiger charge is -2.33. The third kappa shape index (κ3) is 14.7. The molecule has 3 amide bonds. The van der Waals surface area contributed by atoms with Gasteiger partial charge in [0.15, 0.2) is 0 Å². The predicted octanol–water partition coefficient (Wildman–Crippen LogP) is 6.15. The number of ether oxygens (including phenoxy) is 4. The van der Waals surface area contributed by atoms with Gasteiger partial charge >= 0.3 is 11.9 Å². The molecule has 0 radical (unpaired) electrons. The monoisotopic (exact) mass is 852 g/mol. The van der Waals surface area contributed by atoms with E-state index in [1.165, 1.54) is 41.8 Å². The zero-order chi connectivity index (χ0) is 42.9. The Morgan fingerprint density at radius 3 is 1.78 bits per heavy atom. The largest absolute Gasteiger partial charge is 0.465 e. The maximum absolute atomic E-state index is 13.7. The molecule has 0 bridgehead atoms. The Bertz CT molecular complexity index is 1860. The summed E-state index contributed by atoms with van der Waals surface area (Å²) in [6.07, 6.45) is 5.09. The SMILES string of the molecule is COC(=O)c1sc(C#CCC(C)C)cc1N(CC(=O)N1CCOCC1)C(=O)C1CCC(C)CC1.COC(=O)c1sc(C#CCC(C)C)cc1NCC(=O)N1CCOCC1. The fourth-order valence-corrected chi connectivity index (χ4v) is 8.43. The zero-order valence-electron chi connectivity index (χ0n) is 35.6. The molecule has 322 valence electrons. The van der Waals surface area contributed by atoms with Gasteiger partial charge in [0.2, 0.25) is 17.7 Å². The second-order valence-electron chi connectivity index (χ2n) is 15.7. The van der Waals surface area contributed by atoms with Crippen molar-refractivity contribution in [3.05, 3.63) is 31.6 Å². The summed E-state index contributed by atoms with van der Waals surface area (Å²) in [5.41, 5.74) is 1.02. The molecule has 2 aromatic heterocycles. The number of nitrogens with one attached hydrogen (secondary N) is 1. The Kier molecular flexibility index (Phi) is 19.2. The topological polar surface area (TPSA) is 144 Å². The first-order valence-corrected chi connectivity index (χ1v) is 22.1. The molecule has 2 aromatic rings. The fourth-order valence-electron chi connectivity index (χ4n) is 6.55. The first-order valence-electron chi connectivity index (χ1n) is 20.5. The molecule has 0 atom stereocenters. The third-order valence-corrected chi connectivity index (χ3v) is 12.1. The summed E-state index contributed by atoms with van der Waals surface area (Å²) in [4.78, 5) is 71.0. The molecular formula is C44H60N4O9S2. The van der Waals surface area contributed by atoms with Gasteiger partial charge in [-0.3, -0.25) is 14.4 Å². The van der Waals surface area contributed by atoms with Crippen LogP contribution in [0.2, 0.25) is 0 Å². The molecule has 4 heterocycles. The van der Waals surface area contributed by atoms with E-state index in [2.05, 4.69) is 63.6 Å². The minimum atomic E-state index is -0.522. The van der Waals surface area contributed by atoms with Crippen molar-refractivity contribution >= 4 is 63.7 Å². The van der Waals surface area contributed by atoms with Crippen LogP contribution in [0.3, 0.4) is 0 Å². The molecule has 2 aliphatic heterocycles. The first kappa shape index (κ1) is 47.3. The van der Waals surface area contributed by atoms with E-state index in [-0.39, 0.29) is 36.7 Å². The van der Waals surface area contributed by atoms with E-state index in [9.17, 15) is 24.0 Å². The van der Waals surface area contributed by atoms with Gasteiger partial charge < -0.3 is 39.0 Å². The first-order chi connectivity index (χ1) is 28.3. The fraction of sp³-hybridized carbons (Fsp3) is 0.614. The van der Waals surface area contributed by atoms with Crippen LogP contribution in [0.4, 0.5) is 11.4 Å². The van der Waals surface area contributed by atoms with Crippen molar-refractivity contribution in [3.63, 3.8) is 0 Å². The molecule has 3 aliphatic rings. The minimum absolute atomic E-state index is 0.0160. The maximum Gasteiger partial charge on any atom is 0.350 e. The van der Waals surface area contributed by atoms with E-state index in [0.29, 0.717) is 96.4 Å². The van der Waals surface area contributed by atoms with E-state index in [1.54, 1.807) is 21.9 Å². The lowest BCUT2D eigenvalue weighted by Crippen LogP contribution is -2.49. The summed E-state index contributed by atoms with van der Waals surface area (Å²) in [5.74, 6) is 12.6. The molecular weight excluding hydrogens is 793 g/mol. The Balaban J connectivity index is 0.000000273. The number of hydrogen-bond acceptors (Lipinski definition) is 12. The summed E-state index contributed by atoms with van der Waals surface area (Å²) in [6.45, 7) is 14.9. The zero-order valence-corrected chi connectivity index (χ0v) is 37.2. The Morgan fingerprint density at radius 2 is 1.25 bits per heavy atom. The van der Waals surface area contributed by atoms with Crippen LogP contribution in [0.25, 0.3) is 0 Å². The molecule has 59 heavy (non-hydrogen) atoms. The van der Waals surface area contributed by atoms with E-state index in [1.807, 2.05) is 0 Å². The van der Waals surface area contributed by atoms with Gasteiger partial charge in [-0.25, -0.2) is 9.59 Å². The minimum Gasteiger partial charge on any atom is -0.465 e. The normalized spacial score (nSPS) is 17.7. The highest BCUT2D eigenvalue weighted by atomic mass is 32.1. The molecule has 5 rings (SSSR count). The summed E-state index contributed by atoms with van der Waals surface area (Å²) in [7, 11) is 2.67. The molecule has 13 nitrogen and oxygen atoms in total. The van der Waals surface area contributed by atoms with Crippen molar-refractivity contribution in [1.29, 1.82) is 0 Å². The predicted molar refractivity (Wildman–Crippen MR) is 231 cm³/mol. The van der Waals surface area contributed by atoms with Crippen LogP contribution in [-0.4, -0.2) is 119 Å².